The van der Waals surface area contributed by atoms with Crippen LogP contribution in [0.25, 0.3) is 11.4 Å². The van der Waals surface area contributed by atoms with Crippen molar-refractivity contribution >= 4 is 11.6 Å². The molecular weight excluding hydrogens is 290 g/mol. The minimum atomic E-state index is 0.0511. The van der Waals surface area contributed by atoms with E-state index in [0.717, 1.165) is 36.5 Å². The highest BCUT2D eigenvalue weighted by Crippen LogP contribution is 2.38. The number of aromatic amines is 1. The van der Waals surface area contributed by atoms with Crippen molar-refractivity contribution in [1.29, 1.82) is 0 Å². The van der Waals surface area contributed by atoms with E-state index in [-0.39, 0.29) is 5.91 Å². The maximum absolute atomic E-state index is 12.1. The Morgan fingerprint density at radius 2 is 2.22 bits per heavy atom. The lowest BCUT2D eigenvalue weighted by Crippen LogP contribution is -2.27. The summed E-state index contributed by atoms with van der Waals surface area (Å²) >= 11 is 0. The lowest BCUT2D eigenvalue weighted by Gasteiger charge is -2.10. The normalized spacial score (nSPS) is 20.6. The van der Waals surface area contributed by atoms with Gasteiger partial charge in [0.2, 0.25) is 5.91 Å². The zero-order valence-corrected chi connectivity index (χ0v) is 13.0. The topological polar surface area (TPSA) is 82.7 Å². The molecule has 0 spiro atoms. The van der Waals surface area contributed by atoms with Gasteiger partial charge >= 0.3 is 0 Å². The number of anilines is 1. The molecule has 1 unspecified atom stereocenters. The molecule has 6 heteroatoms. The van der Waals surface area contributed by atoms with Crippen molar-refractivity contribution in [3.8, 4) is 11.4 Å². The average molecular weight is 311 g/mol. The van der Waals surface area contributed by atoms with Crippen LogP contribution in [0.4, 0.5) is 5.69 Å². The molecule has 1 aromatic carbocycles. The highest BCUT2D eigenvalue weighted by Gasteiger charge is 2.27. The lowest BCUT2D eigenvalue weighted by molar-refractivity contribution is -0.116. The number of amides is 1. The number of hydrogen-bond donors (Lipinski definition) is 3. The summed E-state index contributed by atoms with van der Waals surface area (Å²) in [7, 11) is 0. The summed E-state index contributed by atoms with van der Waals surface area (Å²) in [5.41, 5.74) is 1.72. The molecule has 0 radical (unpaired) electrons. The molecule has 120 valence electrons. The summed E-state index contributed by atoms with van der Waals surface area (Å²) in [5, 5.41) is 13.6. The number of carbonyl (C=O) groups excluding carboxylic acids is 1. The number of hydrogen-bond acceptors (Lipinski definition) is 4. The molecule has 0 bridgehead atoms. The van der Waals surface area contributed by atoms with E-state index in [1.165, 1.54) is 12.8 Å². The molecular formula is C17H21N5O. The SMILES string of the molecule is O=C(CC1CCCN1)Nc1cccc(-c2n[nH]c(C3CC3)n2)c1. The number of rotatable bonds is 5. The standard InChI is InChI=1S/C17H21N5O/c23-15(10-13-5-2-8-18-13)19-14-4-1-3-12(9-14)17-20-16(21-22-17)11-6-7-11/h1,3-4,9,11,13,18H,2,5-8,10H2,(H,19,23)(H,20,21,22). The Bertz CT molecular complexity index is 701. The van der Waals surface area contributed by atoms with Gasteiger partial charge in [0.05, 0.1) is 0 Å². The van der Waals surface area contributed by atoms with Crippen LogP contribution in [0.15, 0.2) is 24.3 Å². The molecule has 1 aliphatic heterocycles. The third-order valence-electron chi connectivity index (χ3n) is 4.47. The lowest BCUT2D eigenvalue weighted by atomic mass is 10.1. The maximum Gasteiger partial charge on any atom is 0.225 e. The van der Waals surface area contributed by atoms with E-state index in [0.29, 0.717) is 24.2 Å². The number of benzene rings is 1. The predicted molar refractivity (Wildman–Crippen MR) is 88.1 cm³/mol. The molecule has 3 N–H and O–H groups in total. The molecule has 1 aromatic heterocycles. The van der Waals surface area contributed by atoms with Crippen molar-refractivity contribution in [3.63, 3.8) is 0 Å². The van der Waals surface area contributed by atoms with Gasteiger partial charge in [-0.1, -0.05) is 12.1 Å². The van der Waals surface area contributed by atoms with E-state index < -0.39 is 0 Å². The van der Waals surface area contributed by atoms with E-state index in [2.05, 4.69) is 25.8 Å². The summed E-state index contributed by atoms with van der Waals surface area (Å²) < 4.78 is 0. The van der Waals surface area contributed by atoms with Crippen LogP contribution in [-0.2, 0) is 4.79 Å². The van der Waals surface area contributed by atoms with E-state index in [1.807, 2.05) is 24.3 Å². The fraction of sp³-hybridized carbons (Fsp3) is 0.471. The first-order valence-electron chi connectivity index (χ1n) is 8.34. The summed E-state index contributed by atoms with van der Waals surface area (Å²) in [5.74, 6) is 2.27. The molecule has 2 aromatic rings. The molecule has 1 aliphatic carbocycles. The molecule has 4 rings (SSSR count). The van der Waals surface area contributed by atoms with Crippen molar-refractivity contribution in [2.45, 2.75) is 44.1 Å². The second-order valence-corrected chi connectivity index (χ2v) is 6.44. The van der Waals surface area contributed by atoms with Crippen LogP contribution in [0.3, 0.4) is 0 Å². The first-order valence-corrected chi connectivity index (χ1v) is 8.34. The summed E-state index contributed by atoms with van der Waals surface area (Å²) in [6.07, 6.45) is 5.15. The monoisotopic (exact) mass is 311 g/mol. The van der Waals surface area contributed by atoms with Crippen LogP contribution in [0, 0.1) is 0 Å². The zero-order valence-electron chi connectivity index (χ0n) is 13.0. The third-order valence-corrected chi connectivity index (χ3v) is 4.47. The van der Waals surface area contributed by atoms with Gasteiger partial charge in [-0.05, 0) is 44.4 Å². The highest BCUT2D eigenvalue weighted by molar-refractivity contribution is 5.91. The van der Waals surface area contributed by atoms with Crippen LogP contribution in [0.2, 0.25) is 0 Å². The van der Waals surface area contributed by atoms with Gasteiger partial charge in [0, 0.05) is 29.6 Å². The Labute approximate surface area is 135 Å². The van der Waals surface area contributed by atoms with Crippen molar-refractivity contribution in [3.05, 3.63) is 30.1 Å². The molecule has 2 aliphatic rings. The quantitative estimate of drug-likeness (QED) is 0.792. The van der Waals surface area contributed by atoms with Crippen molar-refractivity contribution < 1.29 is 4.79 Å². The van der Waals surface area contributed by atoms with Crippen molar-refractivity contribution in [2.24, 2.45) is 0 Å². The Kier molecular flexibility index (Phi) is 3.83. The van der Waals surface area contributed by atoms with E-state index in [1.54, 1.807) is 0 Å². The highest BCUT2D eigenvalue weighted by atomic mass is 16.1. The fourth-order valence-corrected chi connectivity index (χ4v) is 3.05. The Morgan fingerprint density at radius 1 is 1.30 bits per heavy atom. The van der Waals surface area contributed by atoms with Crippen LogP contribution < -0.4 is 10.6 Å². The fourth-order valence-electron chi connectivity index (χ4n) is 3.05. The largest absolute Gasteiger partial charge is 0.326 e. The molecule has 2 heterocycles. The van der Waals surface area contributed by atoms with Crippen molar-refractivity contribution in [1.82, 2.24) is 20.5 Å². The number of aromatic nitrogens is 3. The van der Waals surface area contributed by atoms with E-state index in [9.17, 15) is 4.79 Å². The van der Waals surface area contributed by atoms with Crippen LogP contribution in [0.1, 0.15) is 43.8 Å². The first kappa shape index (κ1) is 14.4. The third kappa shape index (κ3) is 3.42. The molecule has 1 saturated carbocycles. The van der Waals surface area contributed by atoms with Gasteiger partial charge in [0.1, 0.15) is 5.82 Å². The van der Waals surface area contributed by atoms with Crippen LogP contribution in [0.5, 0.6) is 0 Å². The van der Waals surface area contributed by atoms with Gasteiger partial charge in [0.25, 0.3) is 0 Å². The zero-order chi connectivity index (χ0) is 15.6. The van der Waals surface area contributed by atoms with Gasteiger partial charge in [-0.2, -0.15) is 5.10 Å². The number of H-pyrrole nitrogens is 1. The molecule has 23 heavy (non-hydrogen) atoms. The molecule has 1 atom stereocenters. The maximum atomic E-state index is 12.1. The van der Waals surface area contributed by atoms with E-state index >= 15 is 0 Å². The van der Waals surface area contributed by atoms with Gasteiger partial charge in [-0.25, -0.2) is 4.98 Å². The predicted octanol–water partition coefficient (Wildman–Crippen LogP) is 2.43. The minimum absolute atomic E-state index is 0.0511. The minimum Gasteiger partial charge on any atom is -0.326 e. The van der Waals surface area contributed by atoms with Gasteiger partial charge in [-0.15, -0.1) is 0 Å². The number of carbonyl (C=O) groups is 1. The van der Waals surface area contributed by atoms with Gasteiger partial charge in [0.15, 0.2) is 5.82 Å². The Balaban J connectivity index is 1.43. The van der Waals surface area contributed by atoms with Gasteiger partial charge < -0.3 is 10.6 Å². The molecule has 1 saturated heterocycles. The van der Waals surface area contributed by atoms with E-state index in [4.69, 9.17) is 0 Å². The summed E-state index contributed by atoms with van der Waals surface area (Å²) in [6.45, 7) is 1.02. The van der Waals surface area contributed by atoms with Crippen LogP contribution >= 0.6 is 0 Å². The Morgan fingerprint density at radius 3 is 3.00 bits per heavy atom. The second kappa shape index (κ2) is 6.12. The van der Waals surface area contributed by atoms with Gasteiger partial charge in [-0.3, -0.25) is 9.89 Å². The molecule has 2 fully saturated rings. The first-order chi connectivity index (χ1) is 11.3. The summed E-state index contributed by atoms with van der Waals surface area (Å²) in [4.78, 5) is 16.7. The number of nitrogens with zero attached hydrogens (tertiary/aromatic N) is 2. The molecule has 1 amide bonds. The smallest absolute Gasteiger partial charge is 0.225 e. The average Bonchev–Trinajstić information content (AvgIpc) is 3.07. The Hall–Kier alpha value is -2.21. The van der Waals surface area contributed by atoms with Crippen molar-refractivity contribution in [2.75, 3.05) is 11.9 Å². The number of nitrogens with one attached hydrogen (secondary N) is 3. The molecule has 6 nitrogen and oxygen atoms in total. The summed E-state index contributed by atoms with van der Waals surface area (Å²) in [6, 6.07) is 8.03. The van der Waals surface area contributed by atoms with Crippen LogP contribution in [-0.4, -0.2) is 33.7 Å². The second-order valence-electron chi connectivity index (χ2n) is 6.44.